The first-order valence-corrected chi connectivity index (χ1v) is 10.7. The summed E-state index contributed by atoms with van der Waals surface area (Å²) in [4.78, 5) is 39.3. The Labute approximate surface area is 202 Å². The van der Waals surface area contributed by atoms with E-state index in [1.54, 1.807) is 0 Å². The maximum Gasteiger partial charge on any atom is 0.338 e. The summed E-state index contributed by atoms with van der Waals surface area (Å²) in [6.07, 6.45) is 0. The van der Waals surface area contributed by atoms with E-state index >= 15 is 0 Å². The third-order valence-electron chi connectivity index (χ3n) is 5.10. The van der Waals surface area contributed by atoms with Crippen molar-refractivity contribution in [3.63, 3.8) is 0 Å². The van der Waals surface area contributed by atoms with Gasteiger partial charge in [0.25, 0.3) is 17.7 Å². The summed E-state index contributed by atoms with van der Waals surface area (Å²) in [6, 6.07) is 17.7. The maximum atomic E-state index is 12.9. The van der Waals surface area contributed by atoms with Gasteiger partial charge in [0, 0.05) is 5.56 Å². The number of esters is 1. The molecule has 3 aromatic carbocycles. The molecule has 0 bridgehead atoms. The molecule has 8 nitrogen and oxygen atoms in total. The van der Waals surface area contributed by atoms with Gasteiger partial charge in [-0.1, -0.05) is 41.4 Å². The molecule has 34 heavy (non-hydrogen) atoms. The van der Waals surface area contributed by atoms with Crippen LogP contribution < -0.4 is 4.90 Å². The average molecular weight is 494 g/mol. The highest BCUT2D eigenvalue weighted by Gasteiger charge is 2.37. The van der Waals surface area contributed by atoms with Gasteiger partial charge in [-0.05, 0) is 48.5 Å². The van der Waals surface area contributed by atoms with Gasteiger partial charge in [-0.2, -0.15) is 0 Å². The lowest BCUT2D eigenvalue weighted by molar-refractivity contribution is 0.0438. The Balaban J connectivity index is 1.31. The van der Waals surface area contributed by atoms with Gasteiger partial charge in [0.05, 0.1) is 32.4 Å². The molecule has 0 fully saturated rings. The normalized spacial score (nSPS) is 12.7. The van der Waals surface area contributed by atoms with Gasteiger partial charge in [0.2, 0.25) is 5.89 Å². The molecule has 0 radical (unpaired) electrons. The van der Waals surface area contributed by atoms with E-state index in [0.717, 1.165) is 10.5 Å². The Morgan fingerprint density at radius 2 is 1.65 bits per heavy atom. The number of aromatic nitrogens is 2. The molecule has 1 aliphatic heterocycles. The molecule has 4 aromatic rings. The number of halogens is 2. The molecule has 0 N–H and O–H groups in total. The Kier molecular flexibility index (Phi) is 5.61. The van der Waals surface area contributed by atoms with Crippen molar-refractivity contribution >= 4 is 46.7 Å². The lowest BCUT2D eigenvalue weighted by atomic mass is 10.1. The van der Waals surface area contributed by atoms with Crippen molar-refractivity contribution in [3.8, 4) is 11.5 Å². The van der Waals surface area contributed by atoms with Crippen LogP contribution in [0.3, 0.4) is 0 Å². The van der Waals surface area contributed by atoms with Crippen molar-refractivity contribution in [2.24, 2.45) is 0 Å². The summed E-state index contributed by atoms with van der Waals surface area (Å²) >= 11 is 12.0. The topological polar surface area (TPSA) is 103 Å². The SMILES string of the molecule is O=C(OCc1nnc(-c2ccccc2)o1)c1ccc2c(c1)C(=O)N(c1ccc(Cl)c(Cl)c1)C2=O. The fourth-order valence-corrected chi connectivity index (χ4v) is 3.74. The van der Waals surface area contributed by atoms with E-state index in [-0.39, 0.29) is 39.9 Å². The molecule has 1 aliphatic rings. The zero-order valence-corrected chi connectivity index (χ0v) is 18.7. The number of benzene rings is 3. The Morgan fingerprint density at radius 3 is 2.41 bits per heavy atom. The van der Waals surface area contributed by atoms with E-state index in [9.17, 15) is 14.4 Å². The molecule has 1 aromatic heterocycles. The van der Waals surface area contributed by atoms with Crippen LogP contribution >= 0.6 is 23.2 Å². The van der Waals surface area contributed by atoms with E-state index in [1.165, 1.54) is 36.4 Å². The summed E-state index contributed by atoms with van der Waals surface area (Å²) in [5, 5.41) is 8.31. The number of anilines is 1. The van der Waals surface area contributed by atoms with Crippen LogP contribution in [-0.4, -0.2) is 28.0 Å². The molecule has 168 valence electrons. The fourth-order valence-electron chi connectivity index (χ4n) is 3.45. The maximum absolute atomic E-state index is 12.9. The molecule has 0 unspecified atom stereocenters. The predicted octanol–water partition coefficient (Wildman–Crippen LogP) is 5.20. The molecule has 2 heterocycles. The largest absolute Gasteiger partial charge is 0.452 e. The molecule has 0 atom stereocenters. The Morgan fingerprint density at radius 1 is 0.882 bits per heavy atom. The van der Waals surface area contributed by atoms with E-state index in [0.29, 0.717) is 10.9 Å². The number of carbonyl (C=O) groups is 3. The summed E-state index contributed by atoms with van der Waals surface area (Å²) in [5.74, 6) is -1.41. The quantitative estimate of drug-likeness (QED) is 0.278. The van der Waals surface area contributed by atoms with Crippen molar-refractivity contribution in [2.45, 2.75) is 6.61 Å². The lowest BCUT2D eigenvalue weighted by Gasteiger charge is -2.14. The van der Waals surface area contributed by atoms with Gasteiger partial charge in [-0.25, -0.2) is 9.69 Å². The van der Waals surface area contributed by atoms with Crippen LogP contribution in [0.15, 0.2) is 71.1 Å². The highest BCUT2D eigenvalue weighted by molar-refractivity contribution is 6.42. The van der Waals surface area contributed by atoms with Crippen LogP contribution in [0, 0.1) is 0 Å². The number of nitrogens with zero attached hydrogens (tertiary/aromatic N) is 3. The standard InChI is InChI=1S/C24H13Cl2N3O5/c25-18-9-7-15(11-19(18)26)29-22(30)16-8-6-14(10-17(16)23(29)31)24(32)33-12-20-27-28-21(34-20)13-4-2-1-3-5-13/h1-11H,12H2. The number of imide groups is 1. The average Bonchev–Trinajstić information content (AvgIpc) is 3.43. The van der Waals surface area contributed by atoms with Gasteiger partial charge in [0.15, 0.2) is 6.61 Å². The molecule has 5 rings (SSSR count). The highest BCUT2D eigenvalue weighted by Crippen LogP contribution is 2.33. The third kappa shape index (κ3) is 3.93. The number of hydrogen-bond acceptors (Lipinski definition) is 7. The Bertz CT molecular complexity index is 1450. The summed E-state index contributed by atoms with van der Waals surface area (Å²) in [7, 11) is 0. The van der Waals surface area contributed by atoms with Crippen molar-refractivity contribution in [1.82, 2.24) is 10.2 Å². The summed E-state index contributed by atoms with van der Waals surface area (Å²) in [5.41, 5.74) is 1.35. The van der Waals surface area contributed by atoms with Crippen molar-refractivity contribution < 1.29 is 23.5 Å². The summed E-state index contributed by atoms with van der Waals surface area (Å²) < 4.78 is 10.8. The van der Waals surface area contributed by atoms with Gasteiger partial charge in [0.1, 0.15) is 0 Å². The number of ether oxygens (including phenoxy) is 1. The van der Waals surface area contributed by atoms with E-state index in [4.69, 9.17) is 32.4 Å². The number of hydrogen-bond donors (Lipinski definition) is 0. The minimum Gasteiger partial charge on any atom is -0.452 e. The fraction of sp³-hybridized carbons (Fsp3) is 0.0417. The van der Waals surface area contributed by atoms with Gasteiger partial charge >= 0.3 is 5.97 Å². The van der Waals surface area contributed by atoms with Crippen LogP contribution in [0.2, 0.25) is 10.0 Å². The van der Waals surface area contributed by atoms with Crippen LogP contribution in [0.4, 0.5) is 5.69 Å². The molecular weight excluding hydrogens is 481 g/mol. The summed E-state index contributed by atoms with van der Waals surface area (Å²) in [6.45, 7) is -0.252. The van der Waals surface area contributed by atoms with Gasteiger partial charge in [-0.15, -0.1) is 10.2 Å². The zero-order valence-electron chi connectivity index (χ0n) is 17.2. The first-order chi connectivity index (χ1) is 16.4. The van der Waals surface area contributed by atoms with Gasteiger partial charge < -0.3 is 9.15 Å². The first kappa shape index (κ1) is 21.8. The van der Waals surface area contributed by atoms with Crippen molar-refractivity contribution in [1.29, 1.82) is 0 Å². The number of rotatable bonds is 5. The van der Waals surface area contributed by atoms with Crippen LogP contribution in [0.25, 0.3) is 11.5 Å². The Hall–Kier alpha value is -4.01. The molecule has 0 saturated heterocycles. The van der Waals surface area contributed by atoms with E-state index in [1.807, 2.05) is 30.3 Å². The number of amides is 2. The van der Waals surface area contributed by atoms with Crippen molar-refractivity contribution in [2.75, 3.05) is 4.90 Å². The molecule has 10 heteroatoms. The van der Waals surface area contributed by atoms with E-state index < -0.39 is 17.8 Å². The minimum absolute atomic E-state index is 0.0784. The predicted molar refractivity (Wildman–Crippen MR) is 123 cm³/mol. The number of carbonyl (C=O) groups excluding carboxylic acids is 3. The monoisotopic (exact) mass is 493 g/mol. The van der Waals surface area contributed by atoms with Crippen LogP contribution in [-0.2, 0) is 11.3 Å². The molecular formula is C24H13Cl2N3O5. The molecule has 2 amide bonds. The minimum atomic E-state index is -0.713. The smallest absolute Gasteiger partial charge is 0.338 e. The molecule has 0 aliphatic carbocycles. The number of fused-ring (bicyclic) bond motifs is 1. The molecule has 0 saturated carbocycles. The highest BCUT2D eigenvalue weighted by atomic mass is 35.5. The van der Waals surface area contributed by atoms with Crippen LogP contribution in [0.1, 0.15) is 37.0 Å². The van der Waals surface area contributed by atoms with E-state index in [2.05, 4.69) is 10.2 Å². The lowest BCUT2D eigenvalue weighted by Crippen LogP contribution is -2.29. The van der Waals surface area contributed by atoms with Crippen LogP contribution in [0.5, 0.6) is 0 Å². The second-order valence-electron chi connectivity index (χ2n) is 7.25. The van der Waals surface area contributed by atoms with Gasteiger partial charge in [-0.3, -0.25) is 9.59 Å². The third-order valence-corrected chi connectivity index (χ3v) is 5.84. The second kappa shape index (κ2) is 8.74. The molecule has 0 spiro atoms. The van der Waals surface area contributed by atoms with Crippen molar-refractivity contribution in [3.05, 3.63) is 99.4 Å². The second-order valence-corrected chi connectivity index (χ2v) is 8.06. The zero-order chi connectivity index (χ0) is 23.8. The first-order valence-electron chi connectivity index (χ1n) is 9.95.